The van der Waals surface area contributed by atoms with E-state index in [1.165, 1.54) is 58.9 Å². The van der Waals surface area contributed by atoms with Gasteiger partial charge in [0.05, 0.1) is 38.7 Å². The fourth-order valence-electron chi connectivity index (χ4n) is 3.77. The molecule has 1 saturated heterocycles. The Kier molecular flexibility index (Phi) is 8.65. The zero-order valence-electron chi connectivity index (χ0n) is 20.3. The molecule has 202 valence electrons. The van der Waals surface area contributed by atoms with Crippen LogP contribution >= 0.6 is 23.2 Å². The van der Waals surface area contributed by atoms with Crippen LogP contribution in [0.15, 0.2) is 76.5 Å². The van der Waals surface area contributed by atoms with Gasteiger partial charge in [-0.2, -0.15) is 4.31 Å². The van der Waals surface area contributed by atoms with Crippen molar-refractivity contribution in [2.45, 2.75) is 16.7 Å². The molecule has 1 aliphatic heterocycles. The van der Waals surface area contributed by atoms with Crippen LogP contribution in [0.4, 0.5) is 11.4 Å². The minimum Gasteiger partial charge on any atom is -0.379 e. The Hall–Kier alpha value is -2.67. The SMILES string of the molecule is Cc1ccc(S(=O)(=O)N(CC(=O)Nc2ccc(S(=O)(=O)N3CCOCC3)cc2)c2ccc(Cl)c(Cl)c2)cc1. The average molecular weight is 599 g/mol. The van der Waals surface area contributed by atoms with Crippen molar-refractivity contribution in [3.8, 4) is 0 Å². The number of hydrogen-bond acceptors (Lipinski definition) is 6. The van der Waals surface area contributed by atoms with Gasteiger partial charge < -0.3 is 10.1 Å². The van der Waals surface area contributed by atoms with E-state index < -0.39 is 32.5 Å². The van der Waals surface area contributed by atoms with Gasteiger partial charge in [-0.1, -0.05) is 40.9 Å². The molecule has 3 aromatic rings. The Morgan fingerprint density at radius 1 is 0.895 bits per heavy atom. The minimum atomic E-state index is -4.15. The second kappa shape index (κ2) is 11.6. The topological polar surface area (TPSA) is 113 Å². The van der Waals surface area contributed by atoms with Gasteiger partial charge in [-0.15, -0.1) is 0 Å². The van der Waals surface area contributed by atoms with E-state index >= 15 is 0 Å². The largest absolute Gasteiger partial charge is 0.379 e. The highest BCUT2D eigenvalue weighted by molar-refractivity contribution is 7.92. The number of benzene rings is 3. The summed E-state index contributed by atoms with van der Waals surface area (Å²) < 4.78 is 60.2. The van der Waals surface area contributed by atoms with Crippen LogP contribution in [-0.2, 0) is 29.6 Å². The van der Waals surface area contributed by atoms with Gasteiger partial charge in [0.25, 0.3) is 10.0 Å². The minimum absolute atomic E-state index is 0.000329. The van der Waals surface area contributed by atoms with Crippen LogP contribution in [0, 0.1) is 6.92 Å². The number of aryl methyl sites for hydroxylation is 1. The molecule has 1 aliphatic rings. The van der Waals surface area contributed by atoms with Crippen molar-refractivity contribution in [3.05, 3.63) is 82.3 Å². The molecule has 1 heterocycles. The lowest BCUT2D eigenvalue weighted by molar-refractivity contribution is -0.114. The lowest BCUT2D eigenvalue weighted by Gasteiger charge is -2.26. The molecule has 0 saturated carbocycles. The van der Waals surface area contributed by atoms with Crippen molar-refractivity contribution >= 4 is 60.5 Å². The summed E-state index contributed by atoms with van der Waals surface area (Å²) in [6.45, 7) is 2.45. The standard InChI is InChI=1S/C25H25Cl2N3O6S2/c1-18-2-7-22(8-3-18)38(34,35)30(20-6-11-23(26)24(27)16-20)17-25(31)28-19-4-9-21(10-5-19)37(32,33)29-12-14-36-15-13-29/h2-11,16H,12-15,17H2,1H3,(H,28,31). The van der Waals surface area contributed by atoms with Gasteiger partial charge in [0.15, 0.2) is 0 Å². The second-order valence-corrected chi connectivity index (χ2v) is 13.1. The molecule has 0 spiro atoms. The summed E-state index contributed by atoms with van der Waals surface area (Å²) in [4.78, 5) is 13.1. The molecule has 1 amide bonds. The average Bonchev–Trinajstić information content (AvgIpc) is 2.90. The van der Waals surface area contributed by atoms with Crippen molar-refractivity contribution in [3.63, 3.8) is 0 Å². The van der Waals surface area contributed by atoms with Gasteiger partial charge in [-0.25, -0.2) is 16.8 Å². The van der Waals surface area contributed by atoms with Crippen molar-refractivity contribution < 1.29 is 26.4 Å². The Labute approximate surface area is 232 Å². The molecule has 0 aliphatic carbocycles. The molecule has 0 unspecified atom stereocenters. The maximum atomic E-state index is 13.5. The molecule has 0 aromatic heterocycles. The summed E-state index contributed by atoms with van der Waals surface area (Å²) in [6.07, 6.45) is 0. The molecule has 0 bridgehead atoms. The van der Waals surface area contributed by atoms with Gasteiger partial charge in [-0.3, -0.25) is 9.10 Å². The highest BCUT2D eigenvalue weighted by Crippen LogP contribution is 2.31. The second-order valence-electron chi connectivity index (χ2n) is 8.51. The van der Waals surface area contributed by atoms with E-state index in [1.807, 2.05) is 6.92 Å². The van der Waals surface area contributed by atoms with Crippen molar-refractivity contribution in [2.24, 2.45) is 0 Å². The third-order valence-electron chi connectivity index (χ3n) is 5.83. The number of ether oxygens (including phenoxy) is 1. The smallest absolute Gasteiger partial charge is 0.264 e. The highest BCUT2D eigenvalue weighted by Gasteiger charge is 2.29. The molecule has 0 atom stereocenters. The molecule has 3 aromatic carbocycles. The Morgan fingerprint density at radius 3 is 2.11 bits per heavy atom. The van der Waals surface area contributed by atoms with Crippen LogP contribution < -0.4 is 9.62 Å². The number of rotatable bonds is 8. The van der Waals surface area contributed by atoms with E-state index in [2.05, 4.69) is 5.32 Å². The summed E-state index contributed by atoms with van der Waals surface area (Å²) in [5, 5.41) is 2.99. The molecule has 38 heavy (non-hydrogen) atoms. The Bertz CT molecular complexity index is 1520. The molecule has 1 N–H and O–H groups in total. The summed E-state index contributed by atoms with van der Waals surface area (Å²) in [7, 11) is -7.84. The number of halogens is 2. The normalized spacial score (nSPS) is 14.7. The summed E-state index contributed by atoms with van der Waals surface area (Å²) in [6, 6.07) is 16.2. The number of amides is 1. The first-order valence-corrected chi connectivity index (χ1v) is 15.1. The first-order chi connectivity index (χ1) is 18.0. The third kappa shape index (κ3) is 6.31. The van der Waals surface area contributed by atoms with E-state index in [4.69, 9.17) is 27.9 Å². The van der Waals surface area contributed by atoms with Gasteiger partial charge >= 0.3 is 0 Å². The maximum Gasteiger partial charge on any atom is 0.264 e. The quantitative estimate of drug-likeness (QED) is 0.417. The van der Waals surface area contributed by atoms with Gasteiger partial charge in [0, 0.05) is 18.8 Å². The first-order valence-electron chi connectivity index (χ1n) is 11.5. The molecular weight excluding hydrogens is 573 g/mol. The zero-order valence-corrected chi connectivity index (χ0v) is 23.4. The number of nitrogens with zero attached hydrogens (tertiary/aromatic N) is 2. The number of sulfonamides is 2. The monoisotopic (exact) mass is 597 g/mol. The van der Waals surface area contributed by atoms with Crippen LogP contribution in [0.2, 0.25) is 10.0 Å². The maximum absolute atomic E-state index is 13.5. The molecule has 4 rings (SSSR count). The van der Waals surface area contributed by atoms with Crippen LogP contribution in [0.5, 0.6) is 0 Å². The Morgan fingerprint density at radius 2 is 1.50 bits per heavy atom. The predicted octanol–water partition coefficient (Wildman–Crippen LogP) is 4.16. The van der Waals surface area contributed by atoms with Crippen LogP contribution in [-0.4, -0.2) is 59.9 Å². The van der Waals surface area contributed by atoms with Gasteiger partial charge in [-0.05, 0) is 61.5 Å². The first kappa shape index (κ1) is 28.3. The number of carbonyl (C=O) groups is 1. The molecule has 9 nitrogen and oxygen atoms in total. The van der Waals surface area contributed by atoms with Crippen molar-refractivity contribution in [1.82, 2.24) is 4.31 Å². The van der Waals surface area contributed by atoms with E-state index in [1.54, 1.807) is 12.1 Å². The van der Waals surface area contributed by atoms with E-state index in [0.717, 1.165) is 9.87 Å². The van der Waals surface area contributed by atoms with E-state index in [9.17, 15) is 21.6 Å². The fourth-order valence-corrected chi connectivity index (χ4v) is 6.88. The van der Waals surface area contributed by atoms with Crippen LogP contribution in [0.1, 0.15) is 5.56 Å². The number of carbonyl (C=O) groups excluding carboxylic acids is 1. The number of hydrogen-bond donors (Lipinski definition) is 1. The third-order valence-corrected chi connectivity index (χ3v) is 10.3. The summed E-state index contributed by atoms with van der Waals surface area (Å²) >= 11 is 12.1. The molecule has 0 radical (unpaired) electrons. The zero-order chi connectivity index (χ0) is 27.5. The van der Waals surface area contributed by atoms with Crippen molar-refractivity contribution in [1.29, 1.82) is 0 Å². The molecular formula is C25H25Cl2N3O6S2. The van der Waals surface area contributed by atoms with Gasteiger partial charge in [0.1, 0.15) is 6.54 Å². The van der Waals surface area contributed by atoms with Crippen molar-refractivity contribution in [2.75, 3.05) is 42.5 Å². The predicted molar refractivity (Wildman–Crippen MR) is 147 cm³/mol. The number of nitrogens with one attached hydrogen (secondary N) is 1. The highest BCUT2D eigenvalue weighted by atomic mass is 35.5. The van der Waals surface area contributed by atoms with E-state index in [0.29, 0.717) is 18.9 Å². The van der Waals surface area contributed by atoms with E-state index in [-0.39, 0.29) is 38.6 Å². The number of anilines is 2. The van der Waals surface area contributed by atoms with Gasteiger partial charge in [0.2, 0.25) is 15.9 Å². The Balaban J connectivity index is 1.56. The summed E-state index contributed by atoms with van der Waals surface area (Å²) in [5.74, 6) is -0.643. The summed E-state index contributed by atoms with van der Waals surface area (Å²) in [5.41, 5.74) is 1.33. The lowest BCUT2D eigenvalue weighted by Crippen LogP contribution is -2.40. The number of morpholine rings is 1. The van der Waals surface area contributed by atoms with Crippen LogP contribution in [0.25, 0.3) is 0 Å². The molecule has 13 heteroatoms. The lowest BCUT2D eigenvalue weighted by atomic mass is 10.2. The molecule has 1 fully saturated rings. The van der Waals surface area contributed by atoms with Crippen LogP contribution in [0.3, 0.4) is 0 Å². The fraction of sp³-hybridized carbons (Fsp3) is 0.240.